The lowest BCUT2D eigenvalue weighted by Crippen LogP contribution is -2.17. The van der Waals surface area contributed by atoms with Crippen LogP contribution in [-0.2, 0) is 0 Å². The summed E-state index contributed by atoms with van der Waals surface area (Å²) in [6.07, 6.45) is 1.82. The summed E-state index contributed by atoms with van der Waals surface area (Å²) in [6.45, 7) is 4.26. The van der Waals surface area contributed by atoms with Crippen molar-refractivity contribution in [1.29, 1.82) is 0 Å². The highest BCUT2D eigenvalue weighted by molar-refractivity contribution is 5.81. The zero-order chi connectivity index (χ0) is 10.8. The molecular formula is C13H16N2. The molecule has 2 N–H and O–H groups in total. The largest absolute Gasteiger partial charge is 0.324 e. The van der Waals surface area contributed by atoms with Crippen molar-refractivity contribution in [3.05, 3.63) is 42.1 Å². The average Bonchev–Trinajstić information content (AvgIpc) is 2.27. The minimum absolute atomic E-state index is 0.0589. The Hall–Kier alpha value is -1.41. The summed E-state index contributed by atoms with van der Waals surface area (Å²) >= 11 is 0. The van der Waals surface area contributed by atoms with Crippen molar-refractivity contribution >= 4 is 10.9 Å². The van der Waals surface area contributed by atoms with Gasteiger partial charge in [0.2, 0.25) is 0 Å². The molecule has 0 aliphatic carbocycles. The van der Waals surface area contributed by atoms with Crippen LogP contribution in [0.3, 0.4) is 0 Å². The van der Waals surface area contributed by atoms with Crippen LogP contribution in [0.4, 0.5) is 0 Å². The molecule has 0 radical (unpaired) electrons. The Bertz CT molecular complexity index is 458. The number of para-hydroxylation sites is 1. The summed E-state index contributed by atoms with van der Waals surface area (Å²) in [5.41, 5.74) is 8.33. The van der Waals surface area contributed by atoms with Crippen molar-refractivity contribution in [2.24, 2.45) is 11.7 Å². The van der Waals surface area contributed by atoms with E-state index in [9.17, 15) is 0 Å². The van der Waals surface area contributed by atoms with Gasteiger partial charge in [0, 0.05) is 17.6 Å². The molecule has 1 atom stereocenters. The molecule has 0 amide bonds. The topological polar surface area (TPSA) is 38.9 Å². The van der Waals surface area contributed by atoms with E-state index >= 15 is 0 Å². The number of hydrogen-bond donors (Lipinski definition) is 1. The zero-order valence-corrected chi connectivity index (χ0v) is 9.14. The third-order valence-electron chi connectivity index (χ3n) is 2.74. The van der Waals surface area contributed by atoms with Crippen LogP contribution in [0.1, 0.15) is 25.5 Å². The van der Waals surface area contributed by atoms with Crippen LogP contribution in [0.2, 0.25) is 0 Å². The highest BCUT2D eigenvalue weighted by atomic mass is 14.7. The number of pyridine rings is 1. The first-order chi connectivity index (χ1) is 7.20. The highest BCUT2D eigenvalue weighted by Crippen LogP contribution is 2.25. The van der Waals surface area contributed by atoms with Gasteiger partial charge in [0.25, 0.3) is 0 Å². The third kappa shape index (κ3) is 1.85. The van der Waals surface area contributed by atoms with E-state index in [-0.39, 0.29) is 6.04 Å². The average molecular weight is 200 g/mol. The van der Waals surface area contributed by atoms with E-state index in [2.05, 4.69) is 37.0 Å². The van der Waals surface area contributed by atoms with Gasteiger partial charge >= 0.3 is 0 Å². The van der Waals surface area contributed by atoms with Crippen LogP contribution in [0, 0.1) is 5.92 Å². The molecule has 0 spiro atoms. The van der Waals surface area contributed by atoms with E-state index in [1.165, 1.54) is 0 Å². The molecule has 1 heterocycles. The molecule has 0 saturated carbocycles. The van der Waals surface area contributed by atoms with Gasteiger partial charge in [0.1, 0.15) is 0 Å². The van der Waals surface area contributed by atoms with Gasteiger partial charge in [-0.15, -0.1) is 0 Å². The molecule has 2 heteroatoms. The van der Waals surface area contributed by atoms with Crippen molar-refractivity contribution in [2.45, 2.75) is 19.9 Å². The van der Waals surface area contributed by atoms with Gasteiger partial charge in [-0.25, -0.2) is 0 Å². The number of hydrogen-bond acceptors (Lipinski definition) is 2. The Balaban J connectivity index is 2.60. The van der Waals surface area contributed by atoms with Crippen LogP contribution in [-0.4, -0.2) is 4.98 Å². The summed E-state index contributed by atoms with van der Waals surface area (Å²) in [7, 11) is 0. The third-order valence-corrected chi connectivity index (χ3v) is 2.74. The molecule has 1 aromatic heterocycles. The molecule has 2 aromatic rings. The summed E-state index contributed by atoms with van der Waals surface area (Å²) in [5.74, 6) is 0.428. The van der Waals surface area contributed by atoms with Crippen molar-refractivity contribution in [2.75, 3.05) is 0 Å². The fraction of sp³-hybridized carbons (Fsp3) is 0.308. The van der Waals surface area contributed by atoms with E-state index in [1.54, 1.807) is 0 Å². The summed E-state index contributed by atoms with van der Waals surface area (Å²) in [4.78, 5) is 4.40. The zero-order valence-electron chi connectivity index (χ0n) is 9.14. The SMILES string of the molecule is CC(C)C(N)c1cccc2cccnc12. The van der Waals surface area contributed by atoms with Crippen molar-refractivity contribution in [3.8, 4) is 0 Å². The number of nitrogens with two attached hydrogens (primary N) is 1. The fourth-order valence-corrected chi connectivity index (χ4v) is 1.76. The summed E-state index contributed by atoms with van der Waals surface area (Å²) in [6, 6.07) is 10.3. The van der Waals surface area contributed by atoms with Crippen LogP contribution >= 0.6 is 0 Å². The maximum absolute atomic E-state index is 6.16. The summed E-state index contributed by atoms with van der Waals surface area (Å²) < 4.78 is 0. The van der Waals surface area contributed by atoms with Crippen LogP contribution in [0.15, 0.2) is 36.5 Å². The van der Waals surface area contributed by atoms with Crippen molar-refractivity contribution < 1.29 is 0 Å². The maximum Gasteiger partial charge on any atom is 0.0749 e. The van der Waals surface area contributed by atoms with Gasteiger partial charge < -0.3 is 5.73 Å². The van der Waals surface area contributed by atoms with E-state index in [0.29, 0.717) is 5.92 Å². The number of fused-ring (bicyclic) bond motifs is 1. The van der Waals surface area contributed by atoms with Gasteiger partial charge in [-0.1, -0.05) is 38.1 Å². The number of nitrogens with zero attached hydrogens (tertiary/aromatic N) is 1. The smallest absolute Gasteiger partial charge is 0.0749 e. The van der Waals surface area contributed by atoms with E-state index in [0.717, 1.165) is 16.5 Å². The van der Waals surface area contributed by atoms with E-state index in [4.69, 9.17) is 5.73 Å². The Morgan fingerprint density at radius 2 is 1.87 bits per heavy atom. The van der Waals surface area contributed by atoms with Gasteiger partial charge in [-0.3, -0.25) is 4.98 Å². The molecule has 1 unspecified atom stereocenters. The first-order valence-electron chi connectivity index (χ1n) is 5.29. The Kier molecular flexibility index (Phi) is 2.69. The lowest BCUT2D eigenvalue weighted by molar-refractivity contribution is 0.516. The number of rotatable bonds is 2. The van der Waals surface area contributed by atoms with Crippen molar-refractivity contribution in [3.63, 3.8) is 0 Å². The van der Waals surface area contributed by atoms with Crippen LogP contribution in [0.25, 0.3) is 10.9 Å². The highest BCUT2D eigenvalue weighted by Gasteiger charge is 2.13. The molecule has 2 nitrogen and oxygen atoms in total. The summed E-state index contributed by atoms with van der Waals surface area (Å²) in [5, 5.41) is 1.16. The minimum atomic E-state index is 0.0589. The first-order valence-corrected chi connectivity index (χ1v) is 5.29. The second-order valence-corrected chi connectivity index (χ2v) is 4.19. The Morgan fingerprint density at radius 3 is 2.60 bits per heavy atom. The van der Waals surface area contributed by atoms with E-state index < -0.39 is 0 Å². The molecule has 15 heavy (non-hydrogen) atoms. The predicted octanol–water partition coefficient (Wildman–Crippen LogP) is 2.89. The standard InChI is InChI=1S/C13H16N2/c1-9(2)12(14)11-7-3-5-10-6-4-8-15-13(10)11/h3-9,12H,14H2,1-2H3. The molecule has 0 aliphatic heterocycles. The van der Waals surface area contributed by atoms with E-state index in [1.807, 2.05) is 18.3 Å². The predicted molar refractivity (Wildman–Crippen MR) is 63.5 cm³/mol. The van der Waals surface area contributed by atoms with Crippen LogP contribution in [0.5, 0.6) is 0 Å². The molecule has 0 fully saturated rings. The fourth-order valence-electron chi connectivity index (χ4n) is 1.76. The van der Waals surface area contributed by atoms with Gasteiger partial charge in [0.05, 0.1) is 5.52 Å². The van der Waals surface area contributed by atoms with Crippen LogP contribution < -0.4 is 5.73 Å². The van der Waals surface area contributed by atoms with Gasteiger partial charge in [-0.05, 0) is 17.5 Å². The second kappa shape index (κ2) is 3.99. The maximum atomic E-state index is 6.16. The monoisotopic (exact) mass is 200 g/mol. The molecule has 0 saturated heterocycles. The quantitative estimate of drug-likeness (QED) is 0.809. The lowest BCUT2D eigenvalue weighted by atomic mass is 9.95. The second-order valence-electron chi connectivity index (χ2n) is 4.19. The number of benzene rings is 1. The normalized spacial score (nSPS) is 13.3. The number of aromatic nitrogens is 1. The first kappa shape index (κ1) is 10.1. The molecule has 1 aromatic carbocycles. The molecule has 2 rings (SSSR count). The minimum Gasteiger partial charge on any atom is -0.324 e. The van der Waals surface area contributed by atoms with Crippen molar-refractivity contribution in [1.82, 2.24) is 4.98 Å². The van der Waals surface area contributed by atoms with Gasteiger partial charge in [-0.2, -0.15) is 0 Å². The van der Waals surface area contributed by atoms with Gasteiger partial charge in [0.15, 0.2) is 0 Å². The Labute approximate surface area is 90.1 Å². The molecule has 78 valence electrons. The Morgan fingerprint density at radius 1 is 1.13 bits per heavy atom. The molecule has 0 aliphatic rings. The lowest BCUT2D eigenvalue weighted by Gasteiger charge is -2.17. The molecular weight excluding hydrogens is 184 g/mol. The molecule has 0 bridgehead atoms.